The van der Waals surface area contributed by atoms with Gasteiger partial charge in [0.1, 0.15) is 0 Å². The Morgan fingerprint density at radius 2 is 1.17 bits per heavy atom. The second-order valence-corrected chi connectivity index (χ2v) is 4.90. The van der Waals surface area contributed by atoms with Gasteiger partial charge in [-0.05, 0) is 49.3 Å². The molecule has 0 unspecified atom stereocenters. The molecule has 0 saturated heterocycles. The van der Waals surface area contributed by atoms with E-state index in [2.05, 4.69) is 25.3 Å². The Hall–Kier alpha value is -0.480. The van der Waals surface area contributed by atoms with Gasteiger partial charge in [-0.2, -0.15) is 25.3 Å². The molecule has 2 nitrogen and oxygen atoms in total. The van der Waals surface area contributed by atoms with Crippen LogP contribution in [0.5, 0.6) is 11.5 Å². The van der Waals surface area contributed by atoms with Gasteiger partial charge in [-0.1, -0.05) is 12.1 Å². The van der Waals surface area contributed by atoms with Crippen LogP contribution in [-0.2, 0) is 0 Å². The molecule has 0 aliphatic carbocycles. The van der Waals surface area contributed by atoms with Gasteiger partial charge in [0.15, 0.2) is 11.5 Å². The van der Waals surface area contributed by atoms with Crippen molar-refractivity contribution in [3.8, 4) is 11.5 Å². The topological polar surface area (TPSA) is 18.5 Å². The fourth-order valence-electron chi connectivity index (χ4n) is 1.48. The van der Waals surface area contributed by atoms with Gasteiger partial charge in [0.2, 0.25) is 0 Å². The van der Waals surface area contributed by atoms with Crippen LogP contribution in [0.3, 0.4) is 0 Å². The Morgan fingerprint density at radius 3 is 1.56 bits per heavy atom. The van der Waals surface area contributed by atoms with E-state index >= 15 is 0 Å². The van der Waals surface area contributed by atoms with Crippen LogP contribution in [0.15, 0.2) is 24.3 Å². The van der Waals surface area contributed by atoms with Crippen LogP contribution in [0.2, 0.25) is 0 Å². The fraction of sp³-hybridized carbons (Fsp3) is 0.571. The van der Waals surface area contributed by atoms with Crippen molar-refractivity contribution in [1.29, 1.82) is 0 Å². The molecule has 0 radical (unpaired) electrons. The van der Waals surface area contributed by atoms with E-state index in [-0.39, 0.29) is 0 Å². The summed E-state index contributed by atoms with van der Waals surface area (Å²) in [6.45, 7) is 1.44. The summed E-state index contributed by atoms with van der Waals surface area (Å²) in [6, 6.07) is 7.84. The number of rotatable bonds is 10. The Bertz CT molecular complexity index is 287. The van der Waals surface area contributed by atoms with E-state index in [0.29, 0.717) is 0 Å². The molecule has 0 fully saturated rings. The molecule has 0 aliphatic heterocycles. The Morgan fingerprint density at radius 1 is 0.722 bits per heavy atom. The molecule has 0 heterocycles. The molecule has 0 aliphatic rings. The van der Waals surface area contributed by atoms with Gasteiger partial charge in [0, 0.05) is 0 Å². The van der Waals surface area contributed by atoms with Gasteiger partial charge in [-0.15, -0.1) is 0 Å². The summed E-state index contributed by atoms with van der Waals surface area (Å²) in [7, 11) is 0. The number of thiol groups is 2. The number of benzene rings is 1. The zero-order chi connectivity index (χ0) is 13.1. The smallest absolute Gasteiger partial charge is 0.161 e. The third-order valence-electron chi connectivity index (χ3n) is 2.47. The Kier molecular flexibility index (Phi) is 9.04. The summed E-state index contributed by atoms with van der Waals surface area (Å²) in [5.74, 6) is 3.49. The lowest BCUT2D eigenvalue weighted by Crippen LogP contribution is -2.02. The third kappa shape index (κ3) is 6.45. The molecule has 1 rings (SSSR count). The molecule has 0 aromatic heterocycles. The number of hydrogen-bond acceptors (Lipinski definition) is 4. The second kappa shape index (κ2) is 10.4. The summed E-state index contributed by atoms with van der Waals surface area (Å²) in [4.78, 5) is 0. The molecule has 0 bridgehead atoms. The van der Waals surface area contributed by atoms with Crippen molar-refractivity contribution in [2.75, 3.05) is 24.7 Å². The lowest BCUT2D eigenvalue weighted by molar-refractivity contribution is 0.262. The van der Waals surface area contributed by atoms with E-state index in [9.17, 15) is 0 Å². The van der Waals surface area contributed by atoms with E-state index in [1.807, 2.05) is 24.3 Å². The molecule has 0 atom stereocenters. The average Bonchev–Trinajstić information content (AvgIpc) is 2.41. The minimum Gasteiger partial charge on any atom is -0.490 e. The van der Waals surface area contributed by atoms with Crippen LogP contribution in [-0.4, -0.2) is 24.7 Å². The van der Waals surface area contributed by atoms with Crippen LogP contribution in [0.25, 0.3) is 0 Å². The molecule has 4 heteroatoms. The SMILES string of the molecule is SCCCCOc1ccccc1OCCCCS. The summed E-state index contributed by atoms with van der Waals surface area (Å²) in [5.41, 5.74) is 0. The van der Waals surface area contributed by atoms with Crippen molar-refractivity contribution in [3.05, 3.63) is 24.3 Å². The number of unbranched alkanes of at least 4 members (excludes halogenated alkanes) is 2. The molecule has 0 amide bonds. The summed E-state index contributed by atoms with van der Waals surface area (Å²) in [5, 5.41) is 0. The predicted molar refractivity (Wildman–Crippen MR) is 83.6 cm³/mol. The standard InChI is InChI=1S/C14H22O2S2/c17-11-5-3-9-15-13-7-1-2-8-14(13)16-10-4-6-12-18/h1-2,7-8,17-18H,3-6,9-12H2. The van der Waals surface area contributed by atoms with Crippen LogP contribution in [0, 0.1) is 0 Å². The number of ether oxygens (including phenoxy) is 2. The average molecular weight is 286 g/mol. The monoisotopic (exact) mass is 286 g/mol. The molecule has 0 saturated carbocycles. The van der Waals surface area contributed by atoms with Gasteiger partial charge in [0.05, 0.1) is 13.2 Å². The van der Waals surface area contributed by atoms with Crippen molar-refractivity contribution >= 4 is 25.3 Å². The van der Waals surface area contributed by atoms with Crippen LogP contribution < -0.4 is 9.47 Å². The minimum atomic E-state index is 0.720. The highest BCUT2D eigenvalue weighted by Gasteiger charge is 2.03. The molecule has 1 aromatic rings. The molecule has 0 N–H and O–H groups in total. The number of hydrogen-bond donors (Lipinski definition) is 2. The van der Waals surface area contributed by atoms with Gasteiger partial charge >= 0.3 is 0 Å². The molecular weight excluding hydrogens is 264 g/mol. The van der Waals surface area contributed by atoms with Crippen molar-refractivity contribution in [2.24, 2.45) is 0 Å². The van der Waals surface area contributed by atoms with E-state index in [4.69, 9.17) is 9.47 Å². The van der Waals surface area contributed by atoms with Crippen molar-refractivity contribution in [2.45, 2.75) is 25.7 Å². The molecule has 18 heavy (non-hydrogen) atoms. The lowest BCUT2D eigenvalue weighted by Gasteiger charge is -2.12. The second-order valence-electron chi connectivity index (χ2n) is 4.01. The maximum Gasteiger partial charge on any atom is 0.161 e. The Labute approximate surface area is 121 Å². The molecule has 102 valence electrons. The van der Waals surface area contributed by atoms with Crippen LogP contribution >= 0.6 is 25.3 Å². The minimum absolute atomic E-state index is 0.720. The van der Waals surface area contributed by atoms with Crippen molar-refractivity contribution in [1.82, 2.24) is 0 Å². The highest BCUT2D eigenvalue weighted by Crippen LogP contribution is 2.26. The van der Waals surface area contributed by atoms with Gasteiger partial charge in [-0.3, -0.25) is 0 Å². The zero-order valence-electron chi connectivity index (χ0n) is 10.7. The molecule has 1 aromatic carbocycles. The van der Waals surface area contributed by atoms with Gasteiger partial charge < -0.3 is 9.47 Å². The quantitative estimate of drug-likeness (QED) is 0.502. The highest BCUT2D eigenvalue weighted by molar-refractivity contribution is 7.80. The first-order valence-corrected chi connectivity index (χ1v) is 7.71. The first-order chi connectivity index (χ1) is 8.88. The largest absolute Gasteiger partial charge is 0.490 e. The maximum absolute atomic E-state index is 5.72. The van der Waals surface area contributed by atoms with E-state index < -0.39 is 0 Å². The van der Waals surface area contributed by atoms with E-state index in [0.717, 1.165) is 61.9 Å². The van der Waals surface area contributed by atoms with Crippen LogP contribution in [0.4, 0.5) is 0 Å². The lowest BCUT2D eigenvalue weighted by atomic mass is 10.3. The molecular formula is C14H22O2S2. The molecule has 0 spiro atoms. The highest BCUT2D eigenvalue weighted by atomic mass is 32.1. The van der Waals surface area contributed by atoms with Crippen molar-refractivity contribution in [3.63, 3.8) is 0 Å². The first kappa shape index (κ1) is 15.6. The third-order valence-corrected chi connectivity index (χ3v) is 3.10. The summed E-state index contributed by atoms with van der Waals surface area (Å²) in [6.07, 6.45) is 4.21. The first-order valence-electron chi connectivity index (χ1n) is 6.45. The predicted octanol–water partition coefficient (Wildman–Crippen LogP) is 3.86. The maximum atomic E-state index is 5.72. The van der Waals surface area contributed by atoms with Gasteiger partial charge in [-0.25, -0.2) is 0 Å². The summed E-state index contributed by atoms with van der Waals surface area (Å²) >= 11 is 8.36. The normalized spacial score (nSPS) is 10.3. The fourth-order valence-corrected chi connectivity index (χ4v) is 1.93. The van der Waals surface area contributed by atoms with E-state index in [1.165, 1.54) is 0 Å². The van der Waals surface area contributed by atoms with Crippen molar-refractivity contribution < 1.29 is 9.47 Å². The zero-order valence-corrected chi connectivity index (χ0v) is 12.5. The van der Waals surface area contributed by atoms with Gasteiger partial charge in [0.25, 0.3) is 0 Å². The Balaban J connectivity index is 2.36. The summed E-state index contributed by atoms with van der Waals surface area (Å²) < 4.78 is 11.4. The van der Waals surface area contributed by atoms with Crippen LogP contribution in [0.1, 0.15) is 25.7 Å². The number of para-hydroxylation sites is 2. The van der Waals surface area contributed by atoms with E-state index in [1.54, 1.807) is 0 Å².